The molecule has 10 aromatic rings. The van der Waals surface area contributed by atoms with E-state index in [4.69, 9.17) is 0 Å². The van der Waals surface area contributed by atoms with Gasteiger partial charge >= 0.3 is 0 Å². The van der Waals surface area contributed by atoms with E-state index in [1.807, 2.05) is 0 Å². The van der Waals surface area contributed by atoms with E-state index in [0.717, 1.165) is 17.1 Å². The highest BCUT2D eigenvalue weighted by Gasteiger charge is 2.46. The van der Waals surface area contributed by atoms with Crippen LogP contribution in [0.15, 0.2) is 237 Å². The monoisotopic (exact) mass is 737 g/mol. The fourth-order valence-corrected chi connectivity index (χ4v) is 9.55. The summed E-state index contributed by atoms with van der Waals surface area (Å²) in [5, 5.41) is 4.95. The van der Waals surface area contributed by atoms with Gasteiger partial charge in [-0.15, -0.1) is 0 Å². The zero-order chi connectivity index (χ0) is 38.5. The van der Waals surface area contributed by atoms with Gasteiger partial charge in [-0.25, -0.2) is 0 Å². The average molecular weight is 738 g/mol. The molecule has 0 atom stereocenters. The van der Waals surface area contributed by atoms with Crippen molar-refractivity contribution in [2.75, 3.05) is 4.90 Å². The summed E-state index contributed by atoms with van der Waals surface area (Å²) < 4.78 is 0. The molecule has 0 aliphatic heterocycles. The normalized spacial score (nSPS) is 12.6. The van der Waals surface area contributed by atoms with Crippen molar-refractivity contribution in [3.63, 3.8) is 0 Å². The van der Waals surface area contributed by atoms with Crippen LogP contribution >= 0.6 is 0 Å². The minimum atomic E-state index is -0.512. The summed E-state index contributed by atoms with van der Waals surface area (Å²) >= 11 is 0. The topological polar surface area (TPSA) is 3.24 Å². The SMILES string of the molecule is c1ccc(-c2ccc(N(c3ccc4c(c3)C(c3ccccc3)(c3ccccc3)c3ccccc3-4)c3ccc4ccc5ccccc5c4c3)cc2-c2ccccc2)cc1. The maximum absolute atomic E-state index is 2.47. The summed E-state index contributed by atoms with van der Waals surface area (Å²) in [6.45, 7) is 0. The molecule has 11 rings (SSSR count). The van der Waals surface area contributed by atoms with E-state index >= 15 is 0 Å². The molecule has 0 fully saturated rings. The average Bonchev–Trinajstić information content (AvgIpc) is 3.60. The molecular weight excluding hydrogens is 699 g/mol. The predicted octanol–water partition coefficient (Wildman–Crippen LogP) is 15.2. The summed E-state index contributed by atoms with van der Waals surface area (Å²) in [5.74, 6) is 0. The first kappa shape index (κ1) is 33.8. The number of benzene rings is 10. The van der Waals surface area contributed by atoms with Gasteiger partial charge in [0.15, 0.2) is 0 Å². The molecule has 0 aromatic heterocycles. The molecule has 0 N–H and O–H groups in total. The van der Waals surface area contributed by atoms with Crippen LogP contribution in [0.4, 0.5) is 17.1 Å². The maximum Gasteiger partial charge on any atom is 0.0714 e. The zero-order valence-electron chi connectivity index (χ0n) is 32.0. The van der Waals surface area contributed by atoms with Crippen LogP contribution in [0, 0.1) is 0 Å². The molecule has 1 aliphatic rings. The number of nitrogens with zero attached hydrogens (tertiary/aromatic N) is 1. The second-order valence-corrected chi connectivity index (χ2v) is 15.2. The molecule has 0 saturated heterocycles. The van der Waals surface area contributed by atoms with E-state index in [1.54, 1.807) is 0 Å². The largest absolute Gasteiger partial charge is 0.310 e. The Balaban J connectivity index is 1.20. The number of anilines is 3. The summed E-state index contributed by atoms with van der Waals surface area (Å²) in [4.78, 5) is 2.46. The molecule has 272 valence electrons. The first-order chi connectivity index (χ1) is 28.8. The van der Waals surface area contributed by atoms with Crippen molar-refractivity contribution in [2.24, 2.45) is 0 Å². The van der Waals surface area contributed by atoms with Gasteiger partial charge in [0.2, 0.25) is 0 Å². The summed E-state index contributed by atoms with van der Waals surface area (Å²) in [5.41, 5.74) is 15.2. The van der Waals surface area contributed by atoms with E-state index in [-0.39, 0.29) is 0 Å². The number of hydrogen-bond acceptors (Lipinski definition) is 1. The van der Waals surface area contributed by atoms with Crippen LogP contribution in [0.2, 0.25) is 0 Å². The van der Waals surface area contributed by atoms with E-state index < -0.39 is 5.41 Å². The van der Waals surface area contributed by atoms with Crippen molar-refractivity contribution in [1.29, 1.82) is 0 Å². The Hall–Kier alpha value is -7.48. The molecular formula is C57H39N. The van der Waals surface area contributed by atoms with Crippen LogP contribution < -0.4 is 4.90 Å². The third kappa shape index (κ3) is 5.39. The van der Waals surface area contributed by atoms with Crippen LogP contribution in [0.3, 0.4) is 0 Å². The smallest absolute Gasteiger partial charge is 0.0714 e. The molecule has 10 aromatic carbocycles. The minimum absolute atomic E-state index is 0.512. The van der Waals surface area contributed by atoms with Crippen LogP contribution in [0.1, 0.15) is 22.3 Å². The molecule has 0 heterocycles. The van der Waals surface area contributed by atoms with Crippen LogP contribution in [-0.4, -0.2) is 0 Å². The van der Waals surface area contributed by atoms with Gasteiger partial charge in [-0.1, -0.05) is 200 Å². The fourth-order valence-electron chi connectivity index (χ4n) is 9.55. The van der Waals surface area contributed by atoms with Gasteiger partial charge in [0.1, 0.15) is 0 Å². The number of rotatable bonds is 7. The quantitative estimate of drug-likeness (QED) is 0.147. The highest BCUT2D eigenvalue weighted by molar-refractivity contribution is 6.09. The van der Waals surface area contributed by atoms with Crippen LogP contribution in [-0.2, 0) is 5.41 Å². The van der Waals surface area contributed by atoms with Gasteiger partial charge in [0.05, 0.1) is 5.41 Å². The van der Waals surface area contributed by atoms with E-state index in [9.17, 15) is 0 Å². The van der Waals surface area contributed by atoms with Gasteiger partial charge < -0.3 is 4.90 Å². The lowest BCUT2D eigenvalue weighted by molar-refractivity contribution is 0.768. The second kappa shape index (κ2) is 13.9. The third-order valence-corrected chi connectivity index (χ3v) is 12.1. The molecule has 0 bridgehead atoms. The molecule has 1 heteroatoms. The number of hydrogen-bond donors (Lipinski definition) is 0. The second-order valence-electron chi connectivity index (χ2n) is 15.2. The molecule has 0 saturated carbocycles. The van der Waals surface area contributed by atoms with Gasteiger partial charge in [0.25, 0.3) is 0 Å². The van der Waals surface area contributed by atoms with Gasteiger partial charge in [-0.3, -0.25) is 0 Å². The fraction of sp³-hybridized carbons (Fsp3) is 0.0175. The lowest BCUT2D eigenvalue weighted by Gasteiger charge is -2.35. The molecule has 0 radical (unpaired) electrons. The Morgan fingerprint density at radius 3 is 1.43 bits per heavy atom. The maximum atomic E-state index is 2.47. The lowest BCUT2D eigenvalue weighted by atomic mass is 9.67. The highest BCUT2D eigenvalue weighted by Crippen LogP contribution is 2.57. The third-order valence-electron chi connectivity index (χ3n) is 12.1. The summed E-state index contributed by atoms with van der Waals surface area (Å²) in [7, 11) is 0. The first-order valence-corrected chi connectivity index (χ1v) is 20.1. The van der Waals surface area contributed by atoms with E-state index in [1.165, 1.54) is 77.2 Å². The molecule has 0 spiro atoms. The molecule has 1 aliphatic carbocycles. The van der Waals surface area contributed by atoms with E-state index in [2.05, 4.69) is 241 Å². The van der Waals surface area contributed by atoms with Gasteiger partial charge in [-0.05, 0) is 114 Å². The summed E-state index contributed by atoms with van der Waals surface area (Å²) in [6, 6.07) is 86.9. The first-order valence-electron chi connectivity index (χ1n) is 20.1. The number of fused-ring (bicyclic) bond motifs is 6. The van der Waals surface area contributed by atoms with Crippen molar-refractivity contribution in [3.05, 3.63) is 259 Å². The molecule has 1 nitrogen and oxygen atoms in total. The van der Waals surface area contributed by atoms with Gasteiger partial charge in [0, 0.05) is 17.1 Å². The molecule has 0 unspecified atom stereocenters. The van der Waals surface area contributed by atoms with Crippen molar-refractivity contribution in [1.82, 2.24) is 0 Å². The summed E-state index contributed by atoms with van der Waals surface area (Å²) in [6.07, 6.45) is 0. The van der Waals surface area contributed by atoms with E-state index in [0.29, 0.717) is 0 Å². The predicted molar refractivity (Wildman–Crippen MR) is 244 cm³/mol. The highest BCUT2D eigenvalue weighted by atomic mass is 15.1. The Kier molecular flexibility index (Phi) is 8.12. The zero-order valence-corrected chi connectivity index (χ0v) is 32.0. The minimum Gasteiger partial charge on any atom is -0.310 e. The Morgan fingerprint density at radius 1 is 0.276 bits per heavy atom. The Morgan fingerprint density at radius 2 is 0.741 bits per heavy atom. The van der Waals surface area contributed by atoms with Crippen molar-refractivity contribution >= 4 is 38.6 Å². The van der Waals surface area contributed by atoms with Crippen molar-refractivity contribution < 1.29 is 0 Å². The molecule has 58 heavy (non-hydrogen) atoms. The van der Waals surface area contributed by atoms with Gasteiger partial charge in [-0.2, -0.15) is 0 Å². The lowest BCUT2D eigenvalue weighted by Crippen LogP contribution is -2.28. The van der Waals surface area contributed by atoms with Crippen molar-refractivity contribution in [3.8, 4) is 33.4 Å². The van der Waals surface area contributed by atoms with Crippen molar-refractivity contribution in [2.45, 2.75) is 5.41 Å². The van der Waals surface area contributed by atoms with Crippen LogP contribution in [0.5, 0.6) is 0 Å². The standard InChI is InChI=1S/C57H39N/c1-5-17-40(18-6-1)50-35-33-47(38-53(50)41-19-7-2-8-20-41)58(46-32-31-43-30-29-42-21-13-14-26-49(42)54(43)37-46)48-34-36-52-51-27-15-16-28-55(51)57(56(52)39-48,44-22-9-3-10-23-44)45-24-11-4-12-25-45/h1-39H. The van der Waals surface area contributed by atoms with Crippen LogP contribution in [0.25, 0.3) is 54.9 Å². The molecule has 0 amide bonds. The Labute approximate surface area is 339 Å². The Bertz CT molecular complexity index is 3060.